The van der Waals surface area contributed by atoms with Crippen molar-refractivity contribution < 1.29 is 14.9 Å². The highest BCUT2D eigenvalue weighted by atomic mass is 16.5. The number of nitrogens with zero attached hydrogens (tertiary/aromatic N) is 1. The molecule has 0 aliphatic rings. The molecule has 0 saturated carbocycles. The van der Waals surface area contributed by atoms with Crippen LogP contribution in [0.1, 0.15) is 11.3 Å². The van der Waals surface area contributed by atoms with Crippen LogP contribution >= 0.6 is 0 Å². The normalized spacial score (nSPS) is 13.9. The number of rotatable bonds is 7. The van der Waals surface area contributed by atoms with E-state index in [1.54, 1.807) is 6.20 Å². The lowest BCUT2D eigenvalue weighted by molar-refractivity contribution is -0.0645. The number of pyridine rings is 1. The zero-order valence-corrected chi connectivity index (χ0v) is 11.2. The van der Waals surface area contributed by atoms with Gasteiger partial charge in [0.15, 0.2) is 0 Å². The molecule has 0 radical (unpaired) electrons. The molecule has 0 spiro atoms. The molecule has 0 fully saturated rings. The maximum Gasteiger partial charge on any atom is 0.104 e. The largest absolute Gasteiger partial charge is 0.394 e. The minimum Gasteiger partial charge on any atom is -0.394 e. The molecule has 0 bridgehead atoms. The van der Waals surface area contributed by atoms with E-state index in [2.05, 4.69) is 4.98 Å². The third-order valence-electron chi connectivity index (χ3n) is 3.06. The Morgan fingerprint density at radius 3 is 2.45 bits per heavy atom. The average Bonchev–Trinajstić information content (AvgIpc) is 2.52. The molecule has 106 valence electrons. The number of aliphatic hydroxyl groups is 2. The lowest BCUT2D eigenvalue weighted by atomic mass is 10.1. The van der Waals surface area contributed by atoms with Gasteiger partial charge in [-0.1, -0.05) is 36.4 Å². The van der Waals surface area contributed by atoms with E-state index in [0.29, 0.717) is 13.0 Å². The summed E-state index contributed by atoms with van der Waals surface area (Å²) in [5, 5.41) is 19.0. The highest BCUT2D eigenvalue weighted by molar-refractivity contribution is 5.13. The highest BCUT2D eigenvalue weighted by Crippen LogP contribution is 2.11. The van der Waals surface area contributed by atoms with Gasteiger partial charge in [0.05, 0.1) is 19.3 Å². The Hall–Kier alpha value is -1.75. The van der Waals surface area contributed by atoms with Crippen molar-refractivity contribution in [2.75, 3.05) is 6.61 Å². The van der Waals surface area contributed by atoms with E-state index in [0.717, 1.165) is 11.3 Å². The van der Waals surface area contributed by atoms with Crippen LogP contribution < -0.4 is 0 Å². The third kappa shape index (κ3) is 4.42. The van der Waals surface area contributed by atoms with Crippen molar-refractivity contribution in [1.82, 2.24) is 4.98 Å². The van der Waals surface area contributed by atoms with Crippen molar-refractivity contribution in [3.05, 3.63) is 66.0 Å². The fourth-order valence-electron chi connectivity index (χ4n) is 1.93. The topological polar surface area (TPSA) is 62.6 Å². The Balaban J connectivity index is 1.97. The number of hydrogen-bond acceptors (Lipinski definition) is 4. The fourth-order valence-corrected chi connectivity index (χ4v) is 1.93. The average molecular weight is 273 g/mol. The van der Waals surface area contributed by atoms with Gasteiger partial charge in [0.1, 0.15) is 6.10 Å². The second-order valence-electron chi connectivity index (χ2n) is 4.61. The molecule has 4 heteroatoms. The van der Waals surface area contributed by atoms with Gasteiger partial charge in [0, 0.05) is 18.3 Å². The number of ether oxygens (including phenoxy) is 1. The molecule has 0 aliphatic carbocycles. The van der Waals surface area contributed by atoms with Crippen molar-refractivity contribution in [2.24, 2.45) is 0 Å². The monoisotopic (exact) mass is 273 g/mol. The highest BCUT2D eigenvalue weighted by Gasteiger charge is 2.20. The summed E-state index contributed by atoms with van der Waals surface area (Å²) in [4.78, 5) is 4.22. The minimum atomic E-state index is -0.916. The first kappa shape index (κ1) is 14.7. The van der Waals surface area contributed by atoms with Gasteiger partial charge in [0.2, 0.25) is 0 Å². The van der Waals surface area contributed by atoms with Crippen LogP contribution in [0.3, 0.4) is 0 Å². The van der Waals surface area contributed by atoms with Gasteiger partial charge in [-0.25, -0.2) is 0 Å². The van der Waals surface area contributed by atoms with Crippen LogP contribution in [-0.2, 0) is 17.8 Å². The number of aliphatic hydroxyl groups excluding tert-OH is 2. The minimum absolute atomic E-state index is 0.327. The Labute approximate surface area is 118 Å². The quantitative estimate of drug-likeness (QED) is 0.803. The Kier molecular flexibility index (Phi) is 5.68. The molecule has 20 heavy (non-hydrogen) atoms. The third-order valence-corrected chi connectivity index (χ3v) is 3.06. The van der Waals surface area contributed by atoms with Crippen LogP contribution in [0, 0.1) is 0 Å². The summed E-state index contributed by atoms with van der Waals surface area (Å²) in [5.41, 5.74) is 1.86. The molecule has 0 unspecified atom stereocenters. The Morgan fingerprint density at radius 2 is 1.80 bits per heavy atom. The molecule has 2 aromatic rings. The van der Waals surface area contributed by atoms with Crippen LogP contribution in [0.15, 0.2) is 54.7 Å². The molecule has 0 aliphatic heterocycles. The zero-order valence-electron chi connectivity index (χ0n) is 11.2. The summed E-state index contributed by atoms with van der Waals surface area (Å²) >= 11 is 0. The maximum atomic E-state index is 9.85. The van der Waals surface area contributed by atoms with E-state index in [4.69, 9.17) is 9.84 Å². The molecule has 1 aromatic heterocycles. The van der Waals surface area contributed by atoms with Gasteiger partial charge in [-0.05, 0) is 17.7 Å². The van der Waals surface area contributed by atoms with Crippen molar-refractivity contribution in [3.63, 3.8) is 0 Å². The van der Waals surface area contributed by atoms with Gasteiger partial charge in [-0.2, -0.15) is 0 Å². The molecule has 4 nitrogen and oxygen atoms in total. The summed E-state index contributed by atoms with van der Waals surface area (Å²) in [6.45, 7) is 0.0711. The van der Waals surface area contributed by atoms with E-state index in [1.165, 1.54) is 0 Å². The van der Waals surface area contributed by atoms with Crippen LogP contribution in [0.2, 0.25) is 0 Å². The summed E-state index contributed by atoms with van der Waals surface area (Å²) in [7, 11) is 0. The number of aromatic nitrogens is 1. The first-order chi connectivity index (χ1) is 9.79. The summed E-state index contributed by atoms with van der Waals surface area (Å²) in [6.07, 6.45) is 0.778. The molecule has 1 aromatic carbocycles. The van der Waals surface area contributed by atoms with E-state index in [-0.39, 0.29) is 6.61 Å². The lowest BCUT2D eigenvalue weighted by Gasteiger charge is -2.21. The Bertz CT molecular complexity index is 490. The molecule has 0 amide bonds. The molecular formula is C16H19NO3. The summed E-state index contributed by atoms with van der Waals surface area (Å²) in [5.74, 6) is 0. The Morgan fingerprint density at radius 1 is 1.05 bits per heavy atom. The van der Waals surface area contributed by atoms with Crippen LogP contribution in [0.25, 0.3) is 0 Å². The van der Waals surface area contributed by atoms with E-state index in [1.807, 2.05) is 48.5 Å². The van der Waals surface area contributed by atoms with Crippen LogP contribution in [0.5, 0.6) is 0 Å². The predicted octanol–water partition coefficient (Wildman–Crippen LogP) is 1.56. The van der Waals surface area contributed by atoms with Gasteiger partial charge in [-0.15, -0.1) is 0 Å². The number of benzene rings is 1. The number of hydrogen-bond donors (Lipinski definition) is 2. The molecule has 0 saturated heterocycles. The standard InChI is InChI=1S/C16H19NO3/c18-11-15(19)16(10-14-8-4-5-9-17-14)20-12-13-6-2-1-3-7-13/h1-9,15-16,18-19H,10-12H2/t15-,16-/m1/s1. The summed E-state index contributed by atoms with van der Waals surface area (Å²) < 4.78 is 5.73. The van der Waals surface area contributed by atoms with Crippen molar-refractivity contribution in [2.45, 2.75) is 25.2 Å². The second kappa shape index (κ2) is 7.75. The van der Waals surface area contributed by atoms with Crippen molar-refractivity contribution in [1.29, 1.82) is 0 Å². The predicted molar refractivity (Wildman–Crippen MR) is 76.1 cm³/mol. The molecule has 2 rings (SSSR count). The van der Waals surface area contributed by atoms with Crippen molar-refractivity contribution in [3.8, 4) is 0 Å². The van der Waals surface area contributed by atoms with E-state index < -0.39 is 12.2 Å². The van der Waals surface area contributed by atoms with Crippen LogP contribution in [0.4, 0.5) is 0 Å². The van der Waals surface area contributed by atoms with Crippen LogP contribution in [-0.4, -0.2) is 34.0 Å². The first-order valence-electron chi connectivity index (χ1n) is 6.64. The van der Waals surface area contributed by atoms with Gasteiger partial charge >= 0.3 is 0 Å². The molecule has 1 heterocycles. The van der Waals surface area contributed by atoms with Crippen molar-refractivity contribution >= 4 is 0 Å². The summed E-state index contributed by atoms with van der Waals surface area (Å²) in [6, 6.07) is 15.4. The smallest absolute Gasteiger partial charge is 0.104 e. The SMILES string of the molecule is OC[C@@H](O)[C@@H](Cc1ccccn1)OCc1ccccc1. The zero-order chi connectivity index (χ0) is 14.2. The van der Waals surface area contributed by atoms with Gasteiger partial charge < -0.3 is 14.9 Å². The van der Waals surface area contributed by atoms with Gasteiger partial charge in [-0.3, -0.25) is 4.98 Å². The molecule has 2 N–H and O–H groups in total. The molecular weight excluding hydrogens is 254 g/mol. The second-order valence-corrected chi connectivity index (χ2v) is 4.61. The maximum absolute atomic E-state index is 9.85. The van der Waals surface area contributed by atoms with E-state index in [9.17, 15) is 5.11 Å². The van der Waals surface area contributed by atoms with Gasteiger partial charge in [0.25, 0.3) is 0 Å². The fraction of sp³-hybridized carbons (Fsp3) is 0.312. The van der Waals surface area contributed by atoms with E-state index >= 15 is 0 Å². The molecule has 2 atom stereocenters. The first-order valence-corrected chi connectivity index (χ1v) is 6.64. The lowest BCUT2D eigenvalue weighted by Crippen LogP contribution is -2.34.